The molecule has 0 saturated carbocycles. The van der Waals surface area contributed by atoms with Crippen LogP contribution in [0.25, 0.3) is 6.08 Å². The van der Waals surface area contributed by atoms with Crippen LogP contribution in [-0.4, -0.2) is 40.4 Å². The lowest BCUT2D eigenvalue weighted by atomic mass is 10.4. The molecule has 0 aliphatic rings. The van der Waals surface area contributed by atoms with E-state index in [4.69, 9.17) is 15.3 Å². The van der Waals surface area contributed by atoms with Crippen LogP contribution < -0.4 is 5.73 Å². The highest BCUT2D eigenvalue weighted by Crippen LogP contribution is 2.16. The number of furan rings is 1. The van der Waals surface area contributed by atoms with Crippen molar-refractivity contribution in [2.75, 3.05) is 13.2 Å². The Hall–Kier alpha value is -2.68. The highest BCUT2D eigenvalue weighted by molar-refractivity contribution is 5.79. The van der Waals surface area contributed by atoms with Gasteiger partial charge in [0.2, 0.25) is 0 Å². The number of nitrogens with two attached hydrogens (primary N) is 1. The number of rotatable bonds is 6. The number of primary amides is 1. The van der Waals surface area contributed by atoms with Crippen molar-refractivity contribution in [3.05, 3.63) is 34.1 Å². The first kappa shape index (κ1) is 14.4. The fourth-order valence-electron chi connectivity index (χ4n) is 1.11. The fraction of sp³-hybridized carbons (Fsp3) is 0.200. The van der Waals surface area contributed by atoms with Crippen LogP contribution in [0.4, 0.5) is 10.7 Å². The van der Waals surface area contributed by atoms with E-state index in [0.717, 1.165) is 5.01 Å². The first-order valence-electron chi connectivity index (χ1n) is 5.17. The van der Waals surface area contributed by atoms with Gasteiger partial charge in [0.25, 0.3) is 0 Å². The molecular formula is C10H12N4O5. The molecule has 102 valence electrons. The minimum Gasteiger partial charge on any atom is -0.401 e. The Morgan fingerprint density at radius 1 is 1.63 bits per heavy atom. The summed E-state index contributed by atoms with van der Waals surface area (Å²) in [6.45, 7) is -0.291. The number of hydrazone groups is 1. The molecule has 9 heteroatoms. The molecule has 3 N–H and O–H groups in total. The van der Waals surface area contributed by atoms with Gasteiger partial charge in [-0.2, -0.15) is 5.10 Å². The summed E-state index contributed by atoms with van der Waals surface area (Å²) in [5, 5.41) is 23.6. The number of amides is 2. The SMILES string of the molecule is NC(=O)N(CCO)/N=C/C=C\c1ccc([N+](=O)[O-])o1. The Morgan fingerprint density at radius 2 is 2.37 bits per heavy atom. The maximum atomic E-state index is 10.8. The molecule has 2 amide bonds. The summed E-state index contributed by atoms with van der Waals surface area (Å²) in [5.41, 5.74) is 5.00. The number of urea groups is 1. The summed E-state index contributed by atoms with van der Waals surface area (Å²) in [4.78, 5) is 20.5. The number of carbonyl (C=O) groups is 1. The third-order valence-electron chi connectivity index (χ3n) is 1.91. The zero-order valence-corrected chi connectivity index (χ0v) is 9.80. The number of aliphatic hydroxyl groups excluding tert-OH is 1. The third kappa shape index (κ3) is 4.60. The molecule has 0 aliphatic carbocycles. The number of hydrogen-bond donors (Lipinski definition) is 2. The summed E-state index contributed by atoms with van der Waals surface area (Å²) in [7, 11) is 0. The van der Waals surface area contributed by atoms with Crippen molar-refractivity contribution >= 4 is 24.2 Å². The van der Waals surface area contributed by atoms with Gasteiger partial charge in [0, 0.05) is 6.21 Å². The molecule has 1 aromatic rings. The number of carbonyl (C=O) groups excluding carboxylic acids is 1. The summed E-state index contributed by atoms with van der Waals surface area (Å²) >= 11 is 0. The van der Waals surface area contributed by atoms with E-state index in [-0.39, 0.29) is 24.8 Å². The van der Waals surface area contributed by atoms with Crippen LogP contribution in [0.1, 0.15) is 5.76 Å². The Balaban J connectivity index is 2.60. The zero-order valence-electron chi connectivity index (χ0n) is 9.80. The molecule has 0 unspecified atom stereocenters. The van der Waals surface area contributed by atoms with Crippen molar-refractivity contribution in [3.8, 4) is 0 Å². The smallest absolute Gasteiger partial charge is 0.401 e. The van der Waals surface area contributed by atoms with Crippen molar-refractivity contribution in [3.63, 3.8) is 0 Å². The maximum absolute atomic E-state index is 10.8. The van der Waals surface area contributed by atoms with Crippen LogP contribution in [0.3, 0.4) is 0 Å². The molecule has 0 fully saturated rings. The second-order valence-electron chi connectivity index (χ2n) is 3.24. The molecule has 0 atom stereocenters. The van der Waals surface area contributed by atoms with Gasteiger partial charge in [0.1, 0.15) is 10.7 Å². The standard InChI is InChI=1S/C10H12N4O5/c11-10(16)13(6-7-15)12-5-1-2-8-3-4-9(19-8)14(17)18/h1-5,15H,6-7H2,(H2,11,16)/b2-1-,12-5+. The number of hydrogen-bond acceptors (Lipinski definition) is 6. The number of allylic oxidation sites excluding steroid dienone is 1. The molecule has 0 radical (unpaired) electrons. The van der Waals surface area contributed by atoms with Gasteiger partial charge in [-0.05, 0) is 18.2 Å². The predicted octanol–water partition coefficient (Wildman–Crippen LogP) is 0.560. The quantitative estimate of drug-likeness (QED) is 0.441. The lowest BCUT2D eigenvalue weighted by molar-refractivity contribution is -0.402. The summed E-state index contributed by atoms with van der Waals surface area (Å²) < 4.78 is 4.85. The minimum absolute atomic E-state index is 0.0219. The summed E-state index contributed by atoms with van der Waals surface area (Å²) in [5.74, 6) is -0.0958. The van der Waals surface area contributed by atoms with Gasteiger partial charge in [-0.25, -0.2) is 9.80 Å². The first-order chi connectivity index (χ1) is 9.04. The Labute approximate surface area is 107 Å². The van der Waals surface area contributed by atoms with Gasteiger partial charge in [-0.3, -0.25) is 10.1 Å². The van der Waals surface area contributed by atoms with E-state index in [1.807, 2.05) is 0 Å². The van der Waals surface area contributed by atoms with Crippen molar-refractivity contribution in [1.29, 1.82) is 0 Å². The van der Waals surface area contributed by atoms with Gasteiger partial charge in [0.15, 0.2) is 0 Å². The van der Waals surface area contributed by atoms with Gasteiger partial charge in [-0.15, -0.1) is 0 Å². The van der Waals surface area contributed by atoms with Gasteiger partial charge >= 0.3 is 11.9 Å². The fourth-order valence-corrected chi connectivity index (χ4v) is 1.11. The topological polar surface area (TPSA) is 135 Å². The van der Waals surface area contributed by atoms with E-state index in [0.29, 0.717) is 0 Å². The van der Waals surface area contributed by atoms with Crippen molar-refractivity contribution in [2.24, 2.45) is 10.8 Å². The van der Waals surface area contributed by atoms with E-state index in [9.17, 15) is 14.9 Å². The van der Waals surface area contributed by atoms with Gasteiger partial charge in [-0.1, -0.05) is 0 Å². The van der Waals surface area contributed by atoms with Crippen LogP contribution in [0.2, 0.25) is 0 Å². The molecule has 0 spiro atoms. The number of nitrogens with zero attached hydrogens (tertiary/aromatic N) is 3. The zero-order chi connectivity index (χ0) is 14.3. The molecule has 0 saturated heterocycles. The van der Waals surface area contributed by atoms with E-state index in [1.54, 1.807) is 0 Å². The Bertz CT molecular complexity index is 508. The van der Waals surface area contributed by atoms with E-state index < -0.39 is 11.0 Å². The third-order valence-corrected chi connectivity index (χ3v) is 1.91. The molecule has 19 heavy (non-hydrogen) atoms. The van der Waals surface area contributed by atoms with Crippen LogP contribution in [0.15, 0.2) is 27.7 Å². The molecule has 0 aromatic carbocycles. The van der Waals surface area contributed by atoms with Crippen LogP contribution in [0, 0.1) is 10.1 Å². The molecule has 1 heterocycles. The van der Waals surface area contributed by atoms with Gasteiger partial charge < -0.3 is 15.3 Å². The Morgan fingerprint density at radius 3 is 2.89 bits per heavy atom. The van der Waals surface area contributed by atoms with Crippen molar-refractivity contribution in [1.82, 2.24) is 5.01 Å². The lowest BCUT2D eigenvalue weighted by Crippen LogP contribution is -2.33. The highest BCUT2D eigenvalue weighted by Gasteiger charge is 2.09. The minimum atomic E-state index is -0.799. The second-order valence-corrected chi connectivity index (χ2v) is 3.24. The summed E-state index contributed by atoms with van der Waals surface area (Å²) in [6.07, 6.45) is 4.08. The molecule has 9 nitrogen and oxygen atoms in total. The summed E-state index contributed by atoms with van der Waals surface area (Å²) in [6, 6.07) is 1.84. The number of nitro groups is 1. The average molecular weight is 268 g/mol. The van der Waals surface area contributed by atoms with Crippen molar-refractivity contribution in [2.45, 2.75) is 0 Å². The maximum Gasteiger partial charge on any atom is 0.433 e. The van der Waals surface area contributed by atoms with Crippen LogP contribution in [0.5, 0.6) is 0 Å². The highest BCUT2D eigenvalue weighted by atomic mass is 16.6. The van der Waals surface area contributed by atoms with E-state index in [2.05, 4.69) is 5.10 Å². The first-order valence-corrected chi connectivity index (χ1v) is 5.17. The van der Waals surface area contributed by atoms with Crippen LogP contribution in [-0.2, 0) is 0 Å². The number of aliphatic hydroxyl groups is 1. The predicted molar refractivity (Wildman–Crippen MR) is 66.3 cm³/mol. The van der Waals surface area contributed by atoms with E-state index >= 15 is 0 Å². The lowest BCUT2D eigenvalue weighted by Gasteiger charge is -2.10. The molecular weight excluding hydrogens is 256 g/mol. The second kappa shape index (κ2) is 6.91. The average Bonchev–Trinajstić information content (AvgIpc) is 2.81. The largest absolute Gasteiger partial charge is 0.433 e. The Kier molecular flexibility index (Phi) is 5.23. The van der Waals surface area contributed by atoms with Gasteiger partial charge in [0.05, 0.1) is 19.2 Å². The molecule has 0 bridgehead atoms. The normalized spacial score (nSPS) is 11.2. The van der Waals surface area contributed by atoms with E-state index in [1.165, 1.54) is 30.5 Å². The molecule has 1 aromatic heterocycles. The monoisotopic (exact) mass is 268 g/mol. The molecule has 1 rings (SSSR count). The van der Waals surface area contributed by atoms with Crippen LogP contribution >= 0.6 is 0 Å². The molecule has 0 aliphatic heterocycles. The van der Waals surface area contributed by atoms with Crippen molar-refractivity contribution < 1.29 is 19.2 Å².